The molecule has 1 amide bonds. The van der Waals surface area contributed by atoms with Gasteiger partial charge in [0.1, 0.15) is 11.5 Å². The van der Waals surface area contributed by atoms with Gasteiger partial charge in [-0.05, 0) is 47.7 Å². The molecule has 2 aromatic carbocycles. The van der Waals surface area contributed by atoms with E-state index >= 15 is 0 Å². The number of hydrogen-bond donors (Lipinski definition) is 1. The van der Waals surface area contributed by atoms with Gasteiger partial charge in [-0.2, -0.15) is 0 Å². The fourth-order valence-corrected chi connectivity index (χ4v) is 3.12. The molecule has 5 nitrogen and oxygen atoms in total. The highest BCUT2D eigenvalue weighted by molar-refractivity contribution is 8.18. The van der Waals surface area contributed by atoms with Crippen molar-refractivity contribution < 1.29 is 18.7 Å². The van der Waals surface area contributed by atoms with Crippen LogP contribution in [0.3, 0.4) is 0 Å². The first-order valence-electron chi connectivity index (χ1n) is 7.13. The Morgan fingerprint density at radius 1 is 1.17 bits per heavy atom. The average molecular weight is 342 g/mol. The third-order valence-corrected chi connectivity index (χ3v) is 4.33. The number of amidine groups is 1. The number of hydrogen-bond acceptors (Lipinski definition) is 5. The number of para-hydroxylation sites is 1. The molecule has 2 aliphatic heterocycles. The minimum atomic E-state index is -0.437. The fraction of sp³-hybridized carbons (Fsp3) is 0.0588. The Balaban J connectivity index is 1.59. The first-order valence-corrected chi connectivity index (χ1v) is 7.94. The van der Waals surface area contributed by atoms with Crippen LogP contribution in [0.4, 0.5) is 10.1 Å². The van der Waals surface area contributed by atoms with Crippen molar-refractivity contribution in [2.45, 2.75) is 0 Å². The SMILES string of the molecule is O=C1NC(=Nc2ccccc2F)SC1=Cc1ccc2c(c1)OCO2. The summed E-state index contributed by atoms with van der Waals surface area (Å²) in [6.45, 7) is 0.198. The van der Waals surface area contributed by atoms with Crippen molar-refractivity contribution in [1.29, 1.82) is 0 Å². The number of aliphatic imine (C=N–C) groups is 1. The maximum atomic E-state index is 13.6. The van der Waals surface area contributed by atoms with Crippen LogP contribution in [0.25, 0.3) is 6.08 Å². The first kappa shape index (κ1) is 14.8. The summed E-state index contributed by atoms with van der Waals surface area (Å²) in [5, 5.41) is 2.98. The van der Waals surface area contributed by atoms with Gasteiger partial charge in [-0.15, -0.1) is 0 Å². The van der Waals surface area contributed by atoms with Crippen molar-refractivity contribution in [2.24, 2.45) is 4.99 Å². The van der Waals surface area contributed by atoms with Crippen LogP contribution in [0.5, 0.6) is 11.5 Å². The summed E-state index contributed by atoms with van der Waals surface area (Å²) >= 11 is 1.16. The van der Waals surface area contributed by atoms with Gasteiger partial charge in [0, 0.05) is 0 Å². The molecule has 1 saturated heterocycles. The average Bonchev–Trinajstić information content (AvgIpc) is 3.16. The highest BCUT2D eigenvalue weighted by Gasteiger charge is 2.24. The number of benzene rings is 2. The lowest BCUT2D eigenvalue weighted by Crippen LogP contribution is -2.19. The fourth-order valence-electron chi connectivity index (χ4n) is 2.29. The molecular formula is C17H11FN2O3S. The lowest BCUT2D eigenvalue weighted by atomic mass is 10.2. The van der Waals surface area contributed by atoms with Crippen molar-refractivity contribution in [1.82, 2.24) is 5.32 Å². The van der Waals surface area contributed by atoms with E-state index in [0.717, 1.165) is 17.3 Å². The van der Waals surface area contributed by atoms with E-state index in [1.54, 1.807) is 36.4 Å². The highest BCUT2D eigenvalue weighted by Crippen LogP contribution is 2.34. The van der Waals surface area contributed by atoms with Crippen LogP contribution in [-0.4, -0.2) is 17.9 Å². The maximum Gasteiger partial charge on any atom is 0.264 e. The van der Waals surface area contributed by atoms with Gasteiger partial charge in [-0.25, -0.2) is 9.38 Å². The van der Waals surface area contributed by atoms with Crippen molar-refractivity contribution >= 4 is 34.6 Å². The number of thioether (sulfide) groups is 1. The number of rotatable bonds is 2. The minimum absolute atomic E-state index is 0.185. The van der Waals surface area contributed by atoms with Crippen LogP contribution in [0.2, 0.25) is 0 Å². The third-order valence-electron chi connectivity index (χ3n) is 3.42. The molecule has 120 valence electrons. The quantitative estimate of drug-likeness (QED) is 0.849. The van der Waals surface area contributed by atoms with E-state index in [2.05, 4.69) is 10.3 Å². The number of nitrogens with zero attached hydrogens (tertiary/aromatic N) is 1. The summed E-state index contributed by atoms with van der Waals surface area (Å²) < 4.78 is 24.2. The lowest BCUT2D eigenvalue weighted by Gasteiger charge is -1.98. The van der Waals surface area contributed by atoms with Crippen molar-refractivity contribution in [3.8, 4) is 11.5 Å². The molecule has 0 aliphatic carbocycles. The predicted octanol–water partition coefficient (Wildman–Crippen LogP) is 3.45. The second-order valence-electron chi connectivity index (χ2n) is 5.05. The Morgan fingerprint density at radius 3 is 2.88 bits per heavy atom. The molecule has 7 heteroatoms. The van der Waals surface area contributed by atoms with E-state index in [0.29, 0.717) is 21.6 Å². The smallest absolute Gasteiger partial charge is 0.264 e. The molecule has 0 radical (unpaired) electrons. The molecule has 0 unspecified atom stereocenters. The Kier molecular flexibility index (Phi) is 3.70. The van der Waals surface area contributed by atoms with Gasteiger partial charge >= 0.3 is 0 Å². The van der Waals surface area contributed by atoms with Gasteiger partial charge in [0.15, 0.2) is 16.7 Å². The van der Waals surface area contributed by atoms with E-state index in [-0.39, 0.29) is 18.4 Å². The summed E-state index contributed by atoms with van der Waals surface area (Å²) in [6, 6.07) is 11.6. The number of ether oxygens (including phenoxy) is 2. The molecule has 0 saturated carbocycles. The molecule has 0 bridgehead atoms. The van der Waals surface area contributed by atoms with E-state index < -0.39 is 5.82 Å². The van der Waals surface area contributed by atoms with Crippen LogP contribution < -0.4 is 14.8 Å². The molecule has 2 aromatic rings. The zero-order chi connectivity index (χ0) is 16.5. The lowest BCUT2D eigenvalue weighted by molar-refractivity contribution is -0.115. The van der Waals surface area contributed by atoms with Gasteiger partial charge in [0.25, 0.3) is 5.91 Å². The van der Waals surface area contributed by atoms with Crippen molar-refractivity contribution in [3.05, 3.63) is 58.8 Å². The zero-order valence-corrected chi connectivity index (χ0v) is 13.1. The Bertz CT molecular complexity index is 895. The molecule has 2 heterocycles. The predicted molar refractivity (Wildman–Crippen MR) is 89.8 cm³/mol. The van der Waals surface area contributed by atoms with Crippen molar-refractivity contribution in [3.63, 3.8) is 0 Å². The summed E-state index contributed by atoms with van der Waals surface area (Å²) in [5.41, 5.74) is 0.994. The number of carbonyl (C=O) groups is 1. The van der Waals surface area contributed by atoms with Crippen LogP contribution >= 0.6 is 11.8 Å². The third kappa shape index (κ3) is 2.85. The molecule has 2 aliphatic rings. The monoisotopic (exact) mass is 342 g/mol. The van der Waals surface area contributed by atoms with Gasteiger partial charge in [0.2, 0.25) is 6.79 Å². The van der Waals surface area contributed by atoms with E-state index in [9.17, 15) is 9.18 Å². The molecule has 1 N–H and O–H groups in total. The Hall–Kier alpha value is -2.80. The second-order valence-corrected chi connectivity index (χ2v) is 6.08. The van der Waals surface area contributed by atoms with Crippen LogP contribution in [-0.2, 0) is 4.79 Å². The first-order chi connectivity index (χ1) is 11.7. The summed E-state index contributed by atoms with van der Waals surface area (Å²) in [7, 11) is 0. The zero-order valence-electron chi connectivity index (χ0n) is 12.3. The van der Waals surface area contributed by atoms with Crippen LogP contribution in [0.15, 0.2) is 52.4 Å². The number of fused-ring (bicyclic) bond motifs is 1. The molecule has 1 fully saturated rings. The van der Waals surface area contributed by atoms with Crippen LogP contribution in [0, 0.1) is 5.82 Å². The molecule has 0 aromatic heterocycles. The molecule has 24 heavy (non-hydrogen) atoms. The van der Waals surface area contributed by atoms with E-state index in [4.69, 9.17) is 9.47 Å². The van der Waals surface area contributed by atoms with E-state index in [1.807, 2.05) is 6.07 Å². The minimum Gasteiger partial charge on any atom is -0.454 e. The Labute approximate surface area is 141 Å². The normalized spacial score (nSPS) is 19.1. The van der Waals surface area contributed by atoms with Crippen LogP contribution in [0.1, 0.15) is 5.56 Å². The molecule has 0 spiro atoms. The van der Waals surface area contributed by atoms with Crippen molar-refractivity contribution in [2.75, 3.05) is 6.79 Å². The number of amides is 1. The molecular weight excluding hydrogens is 331 g/mol. The van der Waals surface area contributed by atoms with Gasteiger partial charge in [-0.3, -0.25) is 4.79 Å². The maximum absolute atomic E-state index is 13.6. The summed E-state index contributed by atoms with van der Waals surface area (Å²) in [6.07, 6.45) is 1.73. The topological polar surface area (TPSA) is 59.9 Å². The number of nitrogens with one attached hydrogen (secondary N) is 1. The standard InChI is InChI=1S/C17H11FN2O3S/c18-11-3-1-2-4-12(11)19-17-20-16(21)15(24-17)8-10-5-6-13-14(7-10)23-9-22-13/h1-8H,9H2,(H,19,20,21). The molecule has 4 rings (SSSR count). The summed E-state index contributed by atoms with van der Waals surface area (Å²) in [5.74, 6) is 0.622. The van der Waals surface area contributed by atoms with Gasteiger partial charge in [0.05, 0.1) is 4.91 Å². The summed E-state index contributed by atoms with van der Waals surface area (Å²) in [4.78, 5) is 16.7. The number of carbonyl (C=O) groups excluding carboxylic acids is 1. The van der Waals surface area contributed by atoms with E-state index in [1.165, 1.54) is 6.07 Å². The highest BCUT2D eigenvalue weighted by atomic mass is 32.2. The van der Waals surface area contributed by atoms with Gasteiger partial charge < -0.3 is 14.8 Å². The Morgan fingerprint density at radius 2 is 2.00 bits per heavy atom. The van der Waals surface area contributed by atoms with Gasteiger partial charge in [-0.1, -0.05) is 18.2 Å². The second kappa shape index (κ2) is 6.01. The molecule has 0 atom stereocenters. The number of halogens is 1. The largest absolute Gasteiger partial charge is 0.454 e.